The minimum Gasteiger partial charge on any atom is -0.395 e. The first-order valence-electron chi connectivity index (χ1n) is 7.29. The molecule has 0 heterocycles. The molecular weight excluding hydrogens is 244 g/mol. The van der Waals surface area contributed by atoms with Crippen molar-refractivity contribution in [2.75, 3.05) is 40.0 Å². The van der Waals surface area contributed by atoms with Gasteiger partial charge in [0.05, 0.1) is 19.8 Å². The average molecular weight is 272 g/mol. The van der Waals surface area contributed by atoms with Gasteiger partial charge < -0.3 is 15.2 Å². The Balaban J connectivity index is 2.33. The standard InChI is InChI=1S/C14H28N2O3/c1-12-5-3-4-6-13(12)15-14(18)11-16(7-9-17)8-10-19-2/h12-13,17H,3-11H2,1-2H3,(H,15,18). The smallest absolute Gasteiger partial charge is 0.234 e. The van der Waals surface area contributed by atoms with Gasteiger partial charge in [-0.05, 0) is 18.8 Å². The molecule has 112 valence electrons. The molecule has 0 aromatic carbocycles. The number of methoxy groups -OCH3 is 1. The van der Waals surface area contributed by atoms with Crippen molar-refractivity contribution in [3.05, 3.63) is 0 Å². The van der Waals surface area contributed by atoms with Gasteiger partial charge in [0.1, 0.15) is 0 Å². The summed E-state index contributed by atoms with van der Waals surface area (Å²) in [7, 11) is 1.64. The lowest BCUT2D eigenvalue weighted by Gasteiger charge is -2.30. The van der Waals surface area contributed by atoms with E-state index in [1.165, 1.54) is 19.3 Å². The van der Waals surface area contributed by atoms with Crippen LogP contribution in [0.25, 0.3) is 0 Å². The number of hydrogen-bond donors (Lipinski definition) is 2. The molecular formula is C14H28N2O3. The van der Waals surface area contributed by atoms with E-state index in [1.54, 1.807) is 7.11 Å². The zero-order valence-corrected chi connectivity index (χ0v) is 12.2. The number of hydrogen-bond acceptors (Lipinski definition) is 4. The van der Waals surface area contributed by atoms with Crippen LogP contribution >= 0.6 is 0 Å². The third-order valence-electron chi connectivity index (χ3n) is 3.85. The van der Waals surface area contributed by atoms with Gasteiger partial charge in [0.2, 0.25) is 5.91 Å². The van der Waals surface area contributed by atoms with Gasteiger partial charge in [-0.1, -0.05) is 19.8 Å². The summed E-state index contributed by atoms with van der Waals surface area (Å²) in [5.74, 6) is 0.631. The van der Waals surface area contributed by atoms with E-state index in [1.807, 2.05) is 4.90 Å². The molecule has 0 spiro atoms. The number of carbonyl (C=O) groups is 1. The molecule has 1 saturated carbocycles. The summed E-state index contributed by atoms with van der Waals surface area (Å²) < 4.78 is 5.01. The minimum absolute atomic E-state index is 0.0586. The first kappa shape index (κ1) is 16.4. The van der Waals surface area contributed by atoms with Crippen molar-refractivity contribution in [1.29, 1.82) is 0 Å². The third-order valence-corrected chi connectivity index (χ3v) is 3.85. The number of carbonyl (C=O) groups excluding carboxylic acids is 1. The largest absolute Gasteiger partial charge is 0.395 e. The number of aliphatic hydroxyl groups excluding tert-OH is 1. The molecule has 1 aliphatic carbocycles. The lowest BCUT2D eigenvalue weighted by Crippen LogP contribution is -2.46. The van der Waals surface area contributed by atoms with Crippen molar-refractivity contribution in [2.45, 2.75) is 38.6 Å². The number of rotatable bonds is 8. The molecule has 1 aliphatic rings. The predicted octanol–water partition coefficient (Wildman–Crippen LogP) is 0.622. The van der Waals surface area contributed by atoms with Gasteiger partial charge in [-0.15, -0.1) is 0 Å². The quantitative estimate of drug-likeness (QED) is 0.680. The number of nitrogens with one attached hydrogen (secondary N) is 1. The Morgan fingerprint density at radius 3 is 2.74 bits per heavy atom. The van der Waals surface area contributed by atoms with E-state index in [9.17, 15) is 4.79 Å². The fraction of sp³-hybridized carbons (Fsp3) is 0.929. The van der Waals surface area contributed by atoms with Crippen LogP contribution in [-0.2, 0) is 9.53 Å². The second kappa shape index (κ2) is 9.28. The van der Waals surface area contributed by atoms with Crippen molar-refractivity contribution < 1.29 is 14.6 Å². The summed E-state index contributed by atoms with van der Waals surface area (Å²) in [5.41, 5.74) is 0. The van der Waals surface area contributed by atoms with Crippen LogP contribution in [0.1, 0.15) is 32.6 Å². The SMILES string of the molecule is COCCN(CCO)CC(=O)NC1CCCCC1C. The Morgan fingerprint density at radius 1 is 1.37 bits per heavy atom. The van der Waals surface area contributed by atoms with Gasteiger partial charge in [0.15, 0.2) is 0 Å². The molecule has 0 radical (unpaired) electrons. The Kier molecular flexibility index (Phi) is 8.02. The molecule has 0 aromatic heterocycles. The molecule has 0 bridgehead atoms. The summed E-state index contributed by atoms with van der Waals surface area (Å²) in [6, 6.07) is 0.319. The lowest BCUT2D eigenvalue weighted by molar-refractivity contribution is -0.123. The van der Waals surface area contributed by atoms with E-state index >= 15 is 0 Å². The Morgan fingerprint density at radius 2 is 2.11 bits per heavy atom. The monoisotopic (exact) mass is 272 g/mol. The molecule has 0 saturated heterocycles. The Bertz CT molecular complexity index is 261. The van der Waals surface area contributed by atoms with E-state index in [0.29, 0.717) is 38.2 Å². The number of ether oxygens (including phenoxy) is 1. The van der Waals surface area contributed by atoms with Crippen LogP contribution in [0.3, 0.4) is 0 Å². The Hall–Kier alpha value is -0.650. The first-order chi connectivity index (χ1) is 9.17. The highest BCUT2D eigenvalue weighted by Crippen LogP contribution is 2.23. The van der Waals surface area contributed by atoms with Gasteiger partial charge >= 0.3 is 0 Å². The maximum atomic E-state index is 12.0. The normalized spacial score (nSPS) is 23.6. The first-order valence-corrected chi connectivity index (χ1v) is 7.29. The van der Waals surface area contributed by atoms with E-state index in [-0.39, 0.29) is 12.5 Å². The second-order valence-corrected chi connectivity index (χ2v) is 5.43. The highest BCUT2D eigenvalue weighted by molar-refractivity contribution is 5.78. The fourth-order valence-electron chi connectivity index (χ4n) is 2.62. The van der Waals surface area contributed by atoms with E-state index in [0.717, 1.165) is 6.42 Å². The fourth-order valence-corrected chi connectivity index (χ4v) is 2.62. The van der Waals surface area contributed by atoms with Crippen LogP contribution < -0.4 is 5.32 Å². The van der Waals surface area contributed by atoms with Crippen LogP contribution in [0, 0.1) is 5.92 Å². The summed E-state index contributed by atoms with van der Waals surface area (Å²) in [6.45, 7) is 4.37. The summed E-state index contributed by atoms with van der Waals surface area (Å²) >= 11 is 0. The van der Waals surface area contributed by atoms with E-state index in [4.69, 9.17) is 9.84 Å². The molecule has 2 unspecified atom stereocenters. The summed E-state index contributed by atoms with van der Waals surface area (Å²) in [5, 5.41) is 12.1. The van der Waals surface area contributed by atoms with E-state index in [2.05, 4.69) is 12.2 Å². The van der Waals surface area contributed by atoms with Crippen molar-refractivity contribution in [3.63, 3.8) is 0 Å². The van der Waals surface area contributed by atoms with Crippen molar-refractivity contribution in [3.8, 4) is 0 Å². The average Bonchev–Trinajstić information content (AvgIpc) is 2.39. The van der Waals surface area contributed by atoms with Gasteiger partial charge in [-0.3, -0.25) is 9.69 Å². The molecule has 1 fully saturated rings. The van der Waals surface area contributed by atoms with Crippen molar-refractivity contribution >= 4 is 5.91 Å². The molecule has 0 aromatic rings. The summed E-state index contributed by atoms with van der Waals surface area (Å²) in [4.78, 5) is 14.0. The van der Waals surface area contributed by atoms with E-state index < -0.39 is 0 Å². The molecule has 5 nitrogen and oxygen atoms in total. The number of nitrogens with zero attached hydrogens (tertiary/aromatic N) is 1. The van der Waals surface area contributed by atoms with Crippen LogP contribution in [0.4, 0.5) is 0 Å². The third kappa shape index (κ3) is 6.36. The molecule has 5 heteroatoms. The van der Waals surface area contributed by atoms with Crippen molar-refractivity contribution in [2.24, 2.45) is 5.92 Å². The number of amides is 1. The maximum absolute atomic E-state index is 12.0. The topological polar surface area (TPSA) is 61.8 Å². The van der Waals surface area contributed by atoms with Gasteiger partial charge in [-0.25, -0.2) is 0 Å². The van der Waals surface area contributed by atoms with Crippen LogP contribution in [0.15, 0.2) is 0 Å². The van der Waals surface area contributed by atoms with Crippen LogP contribution in [-0.4, -0.2) is 61.9 Å². The van der Waals surface area contributed by atoms with Gasteiger partial charge in [0, 0.05) is 26.2 Å². The van der Waals surface area contributed by atoms with Gasteiger partial charge in [-0.2, -0.15) is 0 Å². The highest BCUT2D eigenvalue weighted by Gasteiger charge is 2.23. The predicted molar refractivity (Wildman–Crippen MR) is 75.0 cm³/mol. The van der Waals surface area contributed by atoms with Crippen molar-refractivity contribution in [1.82, 2.24) is 10.2 Å². The molecule has 1 amide bonds. The zero-order chi connectivity index (χ0) is 14.1. The molecule has 0 aliphatic heterocycles. The highest BCUT2D eigenvalue weighted by atomic mass is 16.5. The van der Waals surface area contributed by atoms with Gasteiger partial charge in [0.25, 0.3) is 0 Å². The number of aliphatic hydroxyl groups is 1. The van der Waals surface area contributed by atoms with Crippen LogP contribution in [0.2, 0.25) is 0 Å². The molecule has 1 rings (SSSR count). The maximum Gasteiger partial charge on any atom is 0.234 e. The van der Waals surface area contributed by atoms with Crippen LogP contribution in [0.5, 0.6) is 0 Å². The minimum atomic E-state index is 0.0586. The molecule has 2 N–H and O–H groups in total. The molecule has 19 heavy (non-hydrogen) atoms. The Labute approximate surface area is 116 Å². The molecule has 2 atom stereocenters. The zero-order valence-electron chi connectivity index (χ0n) is 12.2. The second-order valence-electron chi connectivity index (χ2n) is 5.43. The lowest BCUT2D eigenvalue weighted by atomic mass is 9.86. The summed E-state index contributed by atoms with van der Waals surface area (Å²) in [6.07, 6.45) is 4.78.